The number of nitrogens with zero attached hydrogens (tertiary/aromatic N) is 2. The Morgan fingerprint density at radius 3 is 2.61 bits per heavy atom. The standard InChI is InChI=1S/C12H20N2O3S/c1-10-13-11(9-18-10)12(15)14(6-8-17-3)5-4-7-16-2/h9H,4-8H2,1-3H3. The Labute approximate surface area is 112 Å². The van der Waals surface area contributed by atoms with Crippen molar-refractivity contribution in [2.75, 3.05) is 40.5 Å². The Bertz CT molecular complexity index is 368. The van der Waals surface area contributed by atoms with Crippen LogP contribution in [0.1, 0.15) is 21.9 Å². The van der Waals surface area contributed by atoms with Crippen LogP contribution in [0.5, 0.6) is 0 Å². The zero-order valence-corrected chi connectivity index (χ0v) is 12.0. The van der Waals surface area contributed by atoms with Crippen LogP contribution in [0.3, 0.4) is 0 Å². The van der Waals surface area contributed by atoms with Crippen LogP contribution in [0.15, 0.2) is 5.38 Å². The van der Waals surface area contributed by atoms with Crippen LogP contribution in [0.25, 0.3) is 0 Å². The molecule has 6 heteroatoms. The lowest BCUT2D eigenvalue weighted by Crippen LogP contribution is -2.35. The lowest BCUT2D eigenvalue weighted by molar-refractivity contribution is 0.0669. The van der Waals surface area contributed by atoms with Crippen LogP contribution in [0.2, 0.25) is 0 Å². The first-order chi connectivity index (χ1) is 8.69. The van der Waals surface area contributed by atoms with Crippen LogP contribution >= 0.6 is 11.3 Å². The highest BCUT2D eigenvalue weighted by molar-refractivity contribution is 7.09. The van der Waals surface area contributed by atoms with E-state index in [1.807, 2.05) is 6.92 Å². The molecule has 0 unspecified atom stereocenters. The average molecular weight is 272 g/mol. The number of rotatable bonds is 8. The third-order valence-corrected chi connectivity index (χ3v) is 3.24. The number of hydrogen-bond donors (Lipinski definition) is 0. The van der Waals surface area contributed by atoms with Crippen LogP contribution in [0.4, 0.5) is 0 Å². The van der Waals surface area contributed by atoms with Gasteiger partial charge >= 0.3 is 0 Å². The minimum Gasteiger partial charge on any atom is -0.385 e. The van der Waals surface area contributed by atoms with Gasteiger partial charge in [0.25, 0.3) is 5.91 Å². The van der Waals surface area contributed by atoms with Gasteiger partial charge in [-0.3, -0.25) is 4.79 Å². The number of carbonyl (C=O) groups is 1. The summed E-state index contributed by atoms with van der Waals surface area (Å²) in [6.07, 6.45) is 0.815. The quantitative estimate of drug-likeness (QED) is 0.674. The maximum Gasteiger partial charge on any atom is 0.273 e. The number of aryl methyl sites for hydroxylation is 1. The third-order valence-electron chi connectivity index (χ3n) is 2.47. The molecule has 0 bridgehead atoms. The molecule has 0 saturated heterocycles. The summed E-state index contributed by atoms with van der Waals surface area (Å²) in [5, 5.41) is 2.70. The summed E-state index contributed by atoms with van der Waals surface area (Å²) in [7, 11) is 3.29. The van der Waals surface area contributed by atoms with E-state index in [4.69, 9.17) is 9.47 Å². The highest BCUT2D eigenvalue weighted by atomic mass is 32.1. The molecule has 1 amide bonds. The SMILES string of the molecule is COCCCN(CCOC)C(=O)c1csc(C)n1. The topological polar surface area (TPSA) is 51.7 Å². The molecule has 0 spiro atoms. The van der Waals surface area contributed by atoms with E-state index in [0.29, 0.717) is 32.0 Å². The third kappa shape index (κ3) is 4.72. The van der Waals surface area contributed by atoms with Crippen molar-refractivity contribution in [2.24, 2.45) is 0 Å². The fourth-order valence-corrected chi connectivity index (χ4v) is 2.13. The van der Waals surface area contributed by atoms with Crippen molar-refractivity contribution >= 4 is 17.2 Å². The number of ether oxygens (including phenoxy) is 2. The monoisotopic (exact) mass is 272 g/mol. The molecule has 0 aliphatic rings. The molecule has 0 atom stereocenters. The summed E-state index contributed by atoms with van der Waals surface area (Å²) in [6.45, 7) is 4.31. The van der Waals surface area contributed by atoms with Crippen molar-refractivity contribution in [2.45, 2.75) is 13.3 Å². The van der Waals surface area contributed by atoms with Crippen LogP contribution < -0.4 is 0 Å². The summed E-state index contributed by atoms with van der Waals surface area (Å²) in [4.78, 5) is 18.2. The molecule has 102 valence electrons. The van der Waals surface area contributed by atoms with E-state index in [2.05, 4.69) is 4.98 Å². The molecule has 5 nitrogen and oxygen atoms in total. The molecule has 0 aliphatic carbocycles. The zero-order valence-electron chi connectivity index (χ0n) is 11.1. The molecule has 1 heterocycles. The lowest BCUT2D eigenvalue weighted by Gasteiger charge is -2.21. The maximum absolute atomic E-state index is 12.2. The van der Waals surface area contributed by atoms with Gasteiger partial charge in [0.2, 0.25) is 0 Å². The number of aromatic nitrogens is 1. The van der Waals surface area contributed by atoms with Gasteiger partial charge in [-0.2, -0.15) is 0 Å². The van der Waals surface area contributed by atoms with Crippen LogP contribution in [-0.2, 0) is 9.47 Å². The number of hydrogen-bond acceptors (Lipinski definition) is 5. The summed E-state index contributed by atoms with van der Waals surface area (Å²) >= 11 is 1.49. The van der Waals surface area contributed by atoms with Crippen molar-refractivity contribution < 1.29 is 14.3 Å². The van der Waals surface area contributed by atoms with Crippen molar-refractivity contribution in [1.29, 1.82) is 0 Å². The van der Waals surface area contributed by atoms with Gasteiger partial charge < -0.3 is 14.4 Å². The predicted molar refractivity (Wildman–Crippen MR) is 71.1 cm³/mol. The summed E-state index contributed by atoms with van der Waals surface area (Å²) in [6, 6.07) is 0. The second-order valence-electron chi connectivity index (χ2n) is 3.88. The molecule has 1 rings (SSSR count). The van der Waals surface area contributed by atoms with E-state index in [0.717, 1.165) is 11.4 Å². The Kier molecular flexibility index (Phi) is 6.85. The minimum atomic E-state index is -0.0347. The first-order valence-electron chi connectivity index (χ1n) is 5.88. The van der Waals surface area contributed by atoms with E-state index in [1.54, 1.807) is 24.5 Å². The predicted octanol–water partition coefficient (Wildman–Crippen LogP) is 1.58. The zero-order chi connectivity index (χ0) is 13.4. The van der Waals surface area contributed by atoms with E-state index >= 15 is 0 Å². The molecule has 1 aromatic heterocycles. The van der Waals surface area contributed by atoms with Gasteiger partial charge in [-0.05, 0) is 13.3 Å². The van der Waals surface area contributed by atoms with Crippen LogP contribution in [-0.4, -0.2) is 56.3 Å². The second kappa shape index (κ2) is 8.18. The van der Waals surface area contributed by atoms with Gasteiger partial charge in [-0.1, -0.05) is 0 Å². The van der Waals surface area contributed by atoms with Gasteiger partial charge in [-0.15, -0.1) is 11.3 Å². The largest absolute Gasteiger partial charge is 0.385 e. The molecule has 0 aliphatic heterocycles. The van der Waals surface area contributed by atoms with Crippen LogP contribution in [0, 0.1) is 6.92 Å². The molecule has 18 heavy (non-hydrogen) atoms. The number of thiazole rings is 1. The van der Waals surface area contributed by atoms with Crippen molar-refractivity contribution in [1.82, 2.24) is 9.88 Å². The van der Waals surface area contributed by atoms with E-state index in [-0.39, 0.29) is 5.91 Å². The number of carbonyl (C=O) groups excluding carboxylic acids is 1. The van der Waals surface area contributed by atoms with E-state index in [9.17, 15) is 4.79 Å². The Hall–Kier alpha value is -0.980. The highest BCUT2D eigenvalue weighted by Gasteiger charge is 2.17. The second-order valence-corrected chi connectivity index (χ2v) is 4.95. The van der Waals surface area contributed by atoms with Gasteiger partial charge in [0, 0.05) is 39.3 Å². The molecule has 0 N–H and O–H groups in total. The molecule has 0 saturated carbocycles. The summed E-state index contributed by atoms with van der Waals surface area (Å²) in [5.74, 6) is -0.0347. The first kappa shape index (κ1) is 15.1. The van der Waals surface area contributed by atoms with Gasteiger partial charge in [0.05, 0.1) is 11.6 Å². The lowest BCUT2D eigenvalue weighted by atomic mass is 10.3. The minimum absolute atomic E-state index is 0.0347. The van der Waals surface area contributed by atoms with Gasteiger partial charge in [0.1, 0.15) is 5.69 Å². The normalized spacial score (nSPS) is 10.6. The molecule has 1 aromatic rings. The molecule has 0 aromatic carbocycles. The van der Waals surface area contributed by atoms with Crippen molar-refractivity contribution in [3.8, 4) is 0 Å². The van der Waals surface area contributed by atoms with Crippen molar-refractivity contribution in [3.05, 3.63) is 16.1 Å². The van der Waals surface area contributed by atoms with E-state index in [1.165, 1.54) is 11.3 Å². The fourth-order valence-electron chi connectivity index (χ4n) is 1.54. The van der Waals surface area contributed by atoms with Crippen molar-refractivity contribution in [3.63, 3.8) is 0 Å². The van der Waals surface area contributed by atoms with E-state index < -0.39 is 0 Å². The Morgan fingerprint density at radius 1 is 1.33 bits per heavy atom. The Balaban J connectivity index is 2.59. The summed E-state index contributed by atoms with van der Waals surface area (Å²) < 4.78 is 10.0. The fraction of sp³-hybridized carbons (Fsp3) is 0.667. The Morgan fingerprint density at radius 2 is 2.06 bits per heavy atom. The number of methoxy groups -OCH3 is 2. The average Bonchev–Trinajstić information content (AvgIpc) is 2.79. The maximum atomic E-state index is 12.2. The highest BCUT2D eigenvalue weighted by Crippen LogP contribution is 2.11. The molecular formula is C12H20N2O3S. The number of amides is 1. The van der Waals surface area contributed by atoms with Gasteiger partial charge in [-0.25, -0.2) is 4.98 Å². The smallest absolute Gasteiger partial charge is 0.273 e. The van der Waals surface area contributed by atoms with Gasteiger partial charge in [0.15, 0.2) is 0 Å². The molecule has 0 radical (unpaired) electrons. The molecule has 0 fully saturated rings. The first-order valence-corrected chi connectivity index (χ1v) is 6.76. The summed E-state index contributed by atoms with van der Waals surface area (Å²) in [5.41, 5.74) is 0.519. The molecular weight excluding hydrogens is 252 g/mol.